The van der Waals surface area contributed by atoms with E-state index in [1.54, 1.807) is 0 Å². The number of hydrogen-bond donors (Lipinski definition) is 0. The topological polar surface area (TPSA) is 37.2 Å². The molecule has 1 saturated heterocycles. The summed E-state index contributed by atoms with van der Waals surface area (Å²) in [5.74, 6) is 2.02. The first kappa shape index (κ1) is 19.5. The molecule has 156 valence electrons. The molecule has 1 aliphatic rings. The number of nitrogens with zero attached hydrogens (tertiary/aromatic N) is 5. The molecule has 0 N–H and O–H groups in total. The number of aromatic nitrogens is 3. The van der Waals surface area contributed by atoms with E-state index in [1.807, 2.05) is 30.6 Å². The van der Waals surface area contributed by atoms with Gasteiger partial charge in [-0.05, 0) is 54.4 Å². The summed E-state index contributed by atoms with van der Waals surface area (Å²) in [7, 11) is 0. The van der Waals surface area contributed by atoms with Gasteiger partial charge < -0.3 is 9.47 Å². The number of piperazine rings is 1. The van der Waals surface area contributed by atoms with Crippen LogP contribution in [0.2, 0.25) is 0 Å². The summed E-state index contributed by atoms with van der Waals surface area (Å²) >= 11 is 0. The minimum Gasteiger partial charge on any atom is -0.354 e. The molecule has 1 aliphatic heterocycles. The van der Waals surface area contributed by atoms with Crippen molar-refractivity contribution < 1.29 is 0 Å². The Morgan fingerprint density at radius 3 is 2.19 bits per heavy atom. The summed E-state index contributed by atoms with van der Waals surface area (Å²) < 4.78 is 2.22. The fraction of sp³-hybridized carbons (Fsp3) is 0.231. The molecule has 0 saturated carbocycles. The van der Waals surface area contributed by atoms with Gasteiger partial charge in [0.15, 0.2) is 0 Å². The van der Waals surface area contributed by atoms with Crippen LogP contribution >= 0.6 is 0 Å². The van der Waals surface area contributed by atoms with Gasteiger partial charge in [-0.1, -0.05) is 35.9 Å². The molecule has 1 fully saturated rings. The molecule has 0 amide bonds. The van der Waals surface area contributed by atoms with Crippen LogP contribution in [0.5, 0.6) is 0 Å². The fourth-order valence-electron chi connectivity index (χ4n) is 4.32. The van der Waals surface area contributed by atoms with Gasteiger partial charge in [0, 0.05) is 51.3 Å². The molecular formula is C26H27N5. The van der Waals surface area contributed by atoms with Crippen molar-refractivity contribution in [2.24, 2.45) is 0 Å². The molecule has 0 atom stereocenters. The van der Waals surface area contributed by atoms with E-state index in [2.05, 4.69) is 86.0 Å². The van der Waals surface area contributed by atoms with Gasteiger partial charge in [0.2, 0.25) is 0 Å². The lowest BCUT2D eigenvalue weighted by molar-refractivity contribution is 0.249. The molecule has 4 aromatic rings. The number of aryl methyl sites for hydroxylation is 1. The number of anilines is 1. The monoisotopic (exact) mass is 409 g/mol. The first-order chi connectivity index (χ1) is 15.3. The van der Waals surface area contributed by atoms with Crippen LogP contribution in [-0.4, -0.2) is 45.6 Å². The van der Waals surface area contributed by atoms with Gasteiger partial charge in [0.05, 0.1) is 5.69 Å². The van der Waals surface area contributed by atoms with E-state index in [9.17, 15) is 0 Å². The van der Waals surface area contributed by atoms with E-state index >= 15 is 0 Å². The Morgan fingerprint density at radius 1 is 0.774 bits per heavy atom. The fourth-order valence-corrected chi connectivity index (χ4v) is 4.32. The van der Waals surface area contributed by atoms with Gasteiger partial charge in [-0.25, -0.2) is 9.97 Å². The number of pyridine rings is 2. The van der Waals surface area contributed by atoms with Crippen LogP contribution in [-0.2, 0) is 6.54 Å². The SMILES string of the molecule is Cc1cccc(-c2c(CN3CCN(c4ccccn4)CC3)ccn2-c2ccccn2)c1. The van der Waals surface area contributed by atoms with Crippen LogP contribution < -0.4 is 4.90 Å². The zero-order valence-electron chi connectivity index (χ0n) is 17.9. The second kappa shape index (κ2) is 8.74. The minimum atomic E-state index is 0.930. The second-order valence-electron chi connectivity index (χ2n) is 8.07. The van der Waals surface area contributed by atoms with Crippen molar-refractivity contribution in [2.45, 2.75) is 13.5 Å². The predicted molar refractivity (Wildman–Crippen MR) is 125 cm³/mol. The van der Waals surface area contributed by atoms with E-state index in [1.165, 1.54) is 22.4 Å². The van der Waals surface area contributed by atoms with Gasteiger partial charge in [-0.15, -0.1) is 0 Å². The summed E-state index contributed by atoms with van der Waals surface area (Å²) in [6.45, 7) is 7.12. The summed E-state index contributed by atoms with van der Waals surface area (Å²) in [5, 5.41) is 0. The average Bonchev–Trinajstić information content (AvgIpc) is 3.24. The van der Waals surface area contributed by atoms with Crippen molar-refractivity contribution in [1.29, 1.82) is 0 Å². The molecular weight excluding hydrogens is 382 g/mol. The maximum Gasteiger partial charge on any atom is 0.137 e. The molecule has 0 aliphatic carbocycles. The number of hydrogen-bond acceptors (Lipinski definition) is 4. The van der Waals surface area contributed by atoms with Crippen molar-refractivity contribution in [3.05, 3.63) is 96.4 Å². The van der Waals surface area contributed by atoms with Gasteiger partial charge in [0.25, 0.3) is 0 Å². The Kier molecular flexibility index (Phi) is 5.50. The van der Waals surface area contributed by atoms with Gasteiger partial charge in [-0.2, -0.15) is 0 Å². The van der Waals surface area contributed by atoms with Gasteiger partial charge in [0.1, 0.15) is 11.6 Å². The predicted octanol–water partition coefficient (Wildman–Crippen LogP) is 4.56. The highest BCUT2D eigenvalue weighted by molar-refractivity contribution is 5.67. The molecule has 0 unspecified atom stereocenters. The molecule has 1 aromatic carbocycles. The maximum atomic E-state index is 4.60. The molecule has 4 heterocycles. The quantitative estimate of drug-likeness (QED) is 0.484. The van der Waals surface area contributed by atoms with Crippen molar-refractivity contribution >= 4 is 5.82 Å². The lowest BCUT2D eigenvalue weighted by Gasteiger charge is -2.35. The second-order valence-corrected chi connectivity index (χ2v) is 8.07. The van der Waals surface area contributed by atoms with E-state index < -0.39 is 0 Å². The Labute approximate surface area is 183 Å². The first-order valence-electron chi connectivity index (χ1n) is 10.8. The molecule has 5 nitrogen and oxygen atoms in total. The van der Waals surface area contributed by atoms with Crippen LogP contribution in [0, 0.1) is 6.92 Å². The highest BCUT2D eigenvalue weighted by atomic mass is 15.3. The standard InChI is InChI=1S/C26H27N5/c1-21-7-6-8-22(19-21)26-23(11-14-31(26)25-10-3-5-13-28-25)20-29-15-17-30(18-16-29)24-9-2-4-12-27-24/h2-14,19H,15-18,20H2,1H3. The smallest absolute Gasteiger partial charge is 0.137 e. The van der Waals surface area contributed by atoms with E-state index in [-0.39, 0.29) is 0 Å². The van der Waals surface area contributed by atoms with Gasteiger partial charge in [-0.3, -0.25) is 4.90 Å². The highest BCUT2D eigenvalue weighted by Gasteiger charge is 2.21. The van der Waals surface area contributed by atoms with Crippen molar-refractivity contribution in [3.8, 4) is 17.1 Å². The van der Waals surface area contributed by atoms with Crippen molar-refractivity contribution in [2.75, 3.05) is 31.1 Å². The average molecular weight is 410 g/mol. The number of rotatable bonds is 5. The maximum absolute atomic E-state index is 4.60. The van der Waals surface area contributed by atoms with Crippen LogP contribution in [0.1, 0.15) is 11.1 Å². The molecule has 5 rings (SSSR count). The lowest BCUT2D eigenvalue weighted by Crippen LogP contribution is -2.46. The molecule has 0 bridgehead atoms. The van der Waals surface area contributed by atoms with Crippen LogP contribution in [0.4, 0.5) is 5.82 Å². The Morgan fingerprint density at radius 2 is 1.52 bits per heavy atom. The molecule has 31 heavy (non-hydrogen) atoms. The molecule has 5 heteroatoms. The van der Waals surface area contributed by atoms with E-state index in [0.717, 1.165) is 44.4 Å². The Balaban J connectivity index is 1.40. The van der Waals surface area contributed by atoms with Crippen LogP contribution in [0.25, 0.3) is 17.1 Å². The van der Waals surface area contributed by atoms with Gasteiger partial charge >= 0.3 is 0 Å². The van der Waals surface area contributed by atoms with Crippen LogP contribution in [0.3, 0.4) is 0 Å². The molecule has 3 aromatic heterocycles. The molecule has 0 spiro atoms. The zero-order valence-corrected chi connectivity index (χ0v) is 17.9. The number of benzene rings is 1. The Hall–Kier alpha value is -3.44. The van der Waals surface area contributed by atoms with E-state index in [0.29, 0.717) is 0 Å². The first-order valence-corrected chi connectivity index (χ1v) is 10.8. The van der Waals surface area contributed by atoms with E-state index in [4.69, 9.17) is 0 Å². The highest BCUT2D eigenvalue weighted by Crippen LogP contribution is 2.29. The normalized spacial score (nSPS) is 14.7. The van der Waals surface area contributed by atoms with Crippen LogP contribution in [0.15, 0.2) is 85.3 Å². The third-order valence-corrected chi connectivity index (χ3v) is 5.90. The lowest BCUT2D eigenvalue weighted by atomic mass is 10.0. The third kappa shape index (κ3) is 4.23. The zero-order chi connectivity index (χ0) is 21.0. The van der Waals surface area contributed by atoms with Crippen molar-refractivity contribution in [3.63, 3.8) is 0 Å². The Bertz CT molecular complexity index is 1130. The summed E-state index contributed by atoms with van der Waals surface area (Å²) in [4.78, 5) is 14.0. The van der Waals surface area contributed by atoms with Crippen molar-refractivity contribution in [1.82, 2.24) is 19.4 Å². The summed E-state index contributed by atoms with van der Waals surface area (Å²) in [6, 6.07) is 23.2. The molecule has 0 radical (unpaired) electrons. The largest absolute Gasteiger partial charge is 0.354 e. The summed E-state index contributed by atoms with van der Waals surface area (Å²) in [5.41, 5.74) is 5.07. The summed E-state index contributed by atoms with van der Waals surface area (Å²) in [6.07, 6.45) is 5.88. The third-order valence-electron chi connectivity index (χ3n) is 5.90. The minimum absolute atomic E-state index is 0.930.